The normalized spacial score (nSPS) is 31.3. The summed E-state index contributed by atoms with van der Waals surface area (Å²) in [5.41, 5.74) is 1.51. The van der Waals surface area contributed by atoms with Gasteiger partial charge in [-0.1, -0.05) is 18.2 Å². The molecule has 2 unspecified atom stereocenters. The molecular weight excluding hydrogens is 258 g/mol. The Morgan fingerprint density at radius 2 is 2.22 bits per heavy atom. The van der Waals surface area contributed by atoms with Gasteiger partial charge in [-0.05, 0) is 49.3 Å². The largest absolute Gasteiger partial charge is 0.308 e. The Morgan fingerprint density at radius 3 is 3.06 bits per heavy atom. The fourth-order valence-corrected chi connectivity index (χ4v) is 5.25. The molecule has 2 aliphatic rings. The number of benzene rings is 1. The Hall–Kier alpha value is -0.120. The fourth-order valence-electron chi connectivity index (χ4n) is 2.87. The highest BCUT2D eigenvalue weighted by molar-refractivity contribution is 8.00. The van der Waals surface area contributed by atoms with E-state index in [2.05, 4.69) is 48.3 Å². The van der Waals surface area contributed by atoms with Crippen LogP contribution in [0.25, 0.3) is 0 Å². The second-order valence-electron chi connectivity index (χ2n) is 5.51. The van der Waals surface area contributed by atoms with Crippen molar-refractivity contribution in [1.29, 1.82) is 0 Å². The van der Waals surface area contributed by atoms with Crippen LogP contribution >= 0.6 is 23.5 Å². The molecule has 1 fully saturated rings. The quantitative estimate of drug-likeness (QED) is 0.894. The van der Waals surface area contributed by atoms with Gasteiger partial charge in [-0.3, -0.25) is 0 Å². The lowest BCUT2D eigenvalue weighted by Crippen LogP contribution is -2.36. The van der Waals surface area contributed by atoms with Crippen LogP contribution in [0.5, 0.6) is 0 Å². The van der Waals surface area contributed by atoms with Crippen LogP contribution in [0.1, 0.15) is 37.8 Å². The molecule has 0 radical (unpaired) electrons. The highest BCUT2D eigenvalue weighted by Gasteiger charge is 2.30. The summed E-state index contributed by atoms with van der Waals surface area (Å²) in [4.78, 5) is 1.48. The molecule has 1 aromatic carbocycles. The van der Waals surface area contributed by atoms with Crippen molar-refractivity contribution >= 4 is 23.5 Å². The van der Waals surface area contributed by atoms with Gasteiger partial charge in [0.05, 0.1) is 0 Å². The van der Waals surface area contributed by atoms with Crippen molar-refractivity contribution in [2.45, 2.75) is 41.9 Å². The molecule has 3 rings (SSSR count). The van der Waals surface area contributed by atoms with Gasteiger partial charge in [0.2, 0.25) is 0 Å². The molecule has 1 N–H and O–H groups in total. The summed E-state index contributed by atoms with van der Waals surface area (Å²) in [5.74, 6) is 2.59. The molecule has 0 bridgehead atoms. The highest BCUT2D eigenvalue weighted by Crippen LogP contribution is 2.39. The van der Waals surface area contributed by atoms with E-state index in [1.165, 1.54) is 41.2 Å². The number of fused-ring (bicyclic) bond motifs is 1. The summed E-state index contributed by atoms with van der Waals surface area (Å²) in [6, 6.07) is 9.46. The van der Waals surface area contributed by atoms with Crippen molar-refractivity contribution in [2.75, 3.05) is 18.1 Å². The molecule has 2 heterocycles. The molecule has 0 saturated carbocycles. The van der Waals surface area contributed by atoms with Crippen LogP contribution in [0.3, 0.4) is 0 Å². The van der Waals surface area contributed by atoms with E-state index in [4.69, 9.17) is 0 Å². The molecule has 2 aliphatic heterocycles. The topological polar surface area (TPSA) is 12.0 Å². The smallest absolute Gasteiger partial charge is 0.0339 e. The molecule has 1 nitrogen and oxygen atoms in total. The minimum atomic E-state index is 0.472. The molecule has 98 valence electrons. The van der Waals surface area contributed by atoms with Gasteiger partial charge >= 0.3 is 0 Å². The first-order valence-electron chi connectivity index (χ1n) is 6.86. The van der Waals surface area contributed by atoms with Crippen LogP contribution in [0.4, 0.5) is 0 Å². The Bertz CT molecular complexity index is 413. The van der Waals surface area contributed by atoms with Crippen molar-refractivity contribution in [1.82, 2.24) is 5.32 Å². The first-order chi connectivity index (χ1) is 8.77. The zero-order valence-corrected chi connectivity index (χ0v) is 12.6. The van der Waals surface area contributed by atoms with Crippen LogP contribution in [0.15, 0.2) is 29.2 Å². The summed E-state index contributed by atoms with van der Waals surface area (Å²) in [7, 11) is 0. The van der Waals surface area contributed by atoms with Crippen molar-refractivity contribution in [3.63, 3.8) is 0 Å². The summed E-state index contributed by atoms with van der Waals surface area (Å²) in [6.07, 6.45) is 4.02. The second kappa shape index (κ2) is 5.48. The molecule has 3 heteroatoms. The van der Waals surface area contributed by atoms with Gasteiger partial charge in [-0.25, -0.2) is 0 Å². The van der Waals surface area contributed by atoms with Crippen molar-refractivity contribution in [3.8, 4) is 0 Å². The van der Waals surface area contributed by atoms with Crippen molar-refractivity contribution in [3.05, 3.63) is 29.8 Å². The summed E-state index contributed by atoms with van der Waals surface area (Å²) < 4.78 is 0.472. The van der Waals surface area contributed by atoms with E-state index < -0.39 is 0 Å². The molecule has 1 aromatic rings. The third kappa shape index (κ3) is 2.73. The summed E-state index contributed by atoms with van der Waals surface area (Å²) in [6.45, 7) is 3.57. The maximum absolute atomic E-state index is 3.83. The van der Waals surface area contributed by atoms with Crippen LogP contribution in [-0.2, 0) is 0 Å². The lowest BCUT2D eigenvalue weighted by molar-refractivity contribution is 0.457. The Labute approximate surface area is 119 Å². The molecule has 2 atom stereocenters. The Balaban J connectivity index is 1.67. The van der Waals surface area contributed by atoms with Gasteiger partial charge in [0.25, 0.3) is 0 Å². The lowest BCUT2D eigenvalue weighted by Gasteiger charge is -2.30. The first-order valence-corrected chi connectivity index (χ1v) is 8.83. The predicted molar refractivity (Wildman–Crippen MR) is 82.6 cm³/mol. The minimum absolute atomic E-state index is 0.472. The molecule has 1 saturated heterocycles. The monoisotopic (exact) mass is 279 g/mol. The zero-order valence-electron chi connectivity index (χ0n) is 10.9. The van der Waals surface area contributed by atoms with Gasteiger partial charge in [0.1, 0.15) is 0 Å². The summed E-state index contributed by atoms with van der Waals surface area (Å²) in [5, 5.41) is 3.83. The first kappa shape index (κ1) is 12.9. The van der Waals surface area contributed by atoms with E-state index in [0.717, 1.165) is 6.54 Å². The zero-order chi connectivity index (χ0) is 12.4. The molecule has 0 spiro atoms. The molecule has 0 aliphatic carbocycles. The van der Waals surface area contributed by atoms with E-state index in [9.17, 15) is 0 Å². The van der Waals surface area contributed by atoms with Gasteiger partial charge in [0, 0.05) is 22.2 Å². The Kier molecular flexibility index (Phi) is 3.92. The van der Waals surface area contributed by atoms with Crippen LogP contribution in [-0.4, -0.2) is 22.8 Å². The van der Waals surface area contributed by atoms with E-state index in [0.29, 0.717) is 10.8 Å². The molecule has 0 aromatic heterocycles. The Morgan fingerprint density at radius 1 is 1.33 bits per heavy atom. The molecule has 0 amide bonds. The van der Waals surface area contributed by atoms with E-state index in [-0.39, 0.29) is 0 Å². The third-order valence-corrected chi connectivity index (χ3v) is 6.64. The molecular formula is C15H21NS2. The fraction of sp³-hybridized carbons (Fsp3) is 0.600. The van der Waals surface area contributed by atoms with Crippen molar-refractivity contribution in [2.24, 2.45) is 0 Å². The van der Waals surface area contributed by atoms with E-state index in [1.54, 1.807) is 0 Å². The average molecular weight is 279 g/mol. The van der Waals surface area contributed by atoms with E-state index in [1.807, 2.05) is 11.8 Å². The summed E-state index contributed by atoms with van der Waals surface area (Å²) >= 11 is 4.15. The van der Waals surface area contributed by atoms with Crippen molar-refractivity contribution < 1.29 is 0 Å². The lowest BCUT2D eigenvalue weighted by atomic mass is 10.0. The number of thioether (sulfide) groups is 2. The predicted octanol–water partition coefficient (Wildman–Crippen LogP) is 4.10. The number of hydrogen-bond donors (Lipinski definition) is 1. The number of rotatable bonds is 3. The number of hydrogen-bond acceptors (Lipinski definition) is 3. The standard InChI is InChI=1S/C15H21NS2/c1-15(8-4-9-18-15)11-16-13-7-10-17-14-6-3-2-5-12(13)14/h2-3,5-6,13,16H,4,7-11H2,1H3. The average Bonchev–Trinajstić information content (AvgIpc) is 2.84. The second-order valence-corrected chi connectivity index (χ2v) is 8.33. The van der Waals surface area contributed by atoms with Gasteiger partial charge in [-0.2, -0.15) is 11.8 Å². The molecule has 18 heavy (non-hydrogen) atoms. The van der Waals surface area contributed by atoms with Crippen LogP contribution < -0.4 is 5.32 Å². The van der Waals surface area contributed by atoms with Gasteiger partial charge in [-0.15, -0.1) is 11.8 Å². The van der Waals surface area contributed by atoms with Crippen LogP contribution in [0.2, 0.25) is 0 Å². The van der Waals surface area contributed by atoms with Crippen LogP contribution in [0, 0.1) is 0 Å². The number of nitrogens with one attached hydrogen (secondary N) is 1. The van der Waals surface area contributed by atoms with E-state index >= 15 is 0 Å². The maximum Gasteiger partial charge on any atom is 0.0339 e. The minimum Gasteiger partial charge on any atom is -0.308 e. The SMILES string of the molecule is CC1(CNC2CCSc3ccccc32)CCCS1. The van der Waals surface area contributed by atoms with Gasteiger partial charge in [0.15, 0.2) is 0 Å². The third-order valence-electron chi connectivity index (χ3n) is 3.98. The van der Waals surface area contributed by atoms with Gasteiger partial charge < -0.3 is 5.32 Å². The maximum atomic E-state index is 3.83. The highest BCUT2D eigenvalue weighted by atomic mass is 32.2.